The first-order valence-corrected chi connectivity index (χ1v) is 12.4. The molecule has 1 atom stereocenters. The van der Waals surface area contributed by atoms with Gasteiger partial charge in [0.1, 0.15) is 23.2 Å². The highest BCUT2D eigenvalue weighted by Crippen LogP contribution is 2.38. The fraction of sp³-hybridized carbons (Fsp3) is 0.273. The summed E-state index contributed by atoms with van der Waals surface area (Å²) in [4.78, 5) is 4.06. The van der Waals surface area contributed by atoms with Crippen molar-refractivity contribution in [3.63, 3.8) is 0 Å². The van der Waals surface area contributed by atoms with E-state index in [1.54, 1.807) is 12.3 Å². The molecule has 4 heterocycles. The lowest BCUT2D eigenvalue weighted by Crippen LogP contribution is -2.40. The summed E-state index contributed by atoms with van der Waals surface area (Å²) in [7, 11) is -3.82. The zero-order valence-corrected chi connectivity index (χ0v) is 19.7. The molecule has 1 aliphatic rings. The van der Waals surface area contributed by atoms with Crippen LogP contribution in [0.25, 0.3) is 16.9 Å². The maximum atomic E-state index is 13.2. The molecule has 0 spiro atoms. The minimum atomic E-state index is -3.82. The van der Waals surface area contributed by atoms with E-state index in [9.17, 15) is 22.3 Å². The second kappa shape index (κ2) is 9.73. The minimum absolute atomic E-state index is 0.0173. The van der Waals surface area contributed by atoms with Crippen LogP contribution >= 0.6 is 0 Å². The Bertz CT molecular complexity index is 1590. The number of aliphatic hydroxyl groups excluding tert-OH is 1. The Balaban J connectivity index is 1.59. The largest absolute Gasteiger partial charge is 0.434 e. The van der Waals surface area contributed by atoms with Crippen molar-refractivity contribution in [2.45, 2.75) is 29.5 Å². The number of halogens is 2. The smallest absolute Gasteiger partial charge is 0.387 e. The summed E-state index contributed by atoms with van der Waals surface area (Å²) in [5.74, 6) is -0.337. The predicted octanol–water partition coefficient (Wildman–Crippen LogP) is 1.99. The molecule has 3 aromatic heterocycles. The highest BCUT2D eigenvalue weighted by molar-refractivity contribution is 7.92. The summed E-state index contributed by atoms with van der Waals surface area (Å²) in [5, 5.41) is 30.5. The van der Waals surface area contributed by atoms with Crippen molar-refractivity contribution in [2.24, 2.45) is 0 Å². The van der Waals surface area contributed by atoms with Gasteiger partial charge in [0.05, 0.1) is 47.8 Å². The summed E-state index contributed by atoms with van der Waals surface area (Å²) in [5.41, 5.74) is 0.705. The van der Waals surface area contributed by atoms with Gasteiger partial charge in [-0.2, -0.15) is 24.2 Å². The molecule has 5 rings (SSSR count). The van der Waals surface area contributed by atoms with Crippen LogP contribution in [0.15, 0.2) is 53.9 Å². The van der Waals surface area contributed by atoms with Crippen LogP contribution in [0, 0.1) is 11.3 Å². The maximum Gasteiger partial charge on any atom is 0.387 e. The number of hydrogen-bond donors (Lipinski definition) is 2. The van der Waals surface area contributed by atoms with E-state index < -0.39 is 27.9 Å². The molecule has 1 unspecified atom stereocenters. The zero-order valence-electron chi connectivity index (χ0n) is 18.9. The minimum Gasteiger partial charge on any atom is -0.434 e. The Morgan fingerprint density at radius 1 is 1.35 bits per heavy atom. The van der Waals surface area contributed by atoms with Crippen molar-refractivity contribution in [1.82, 2.24) is 24.4 Å². The number of rotatable bonds is 9. The molecule has 0 radical (unpaired) electrons. The van der Waals surface area contributed by atoms with Gasteiger partial charge in [-0.15, -0.1) is 0 Å². The summed E-state index contributed by atoms with van der Waals surface area (Å²) in [6, 6.07) is 7.05. The number of nitriles is 1. The number of ether oxygens (including phenoxy) is 2. The summed E-state index contributed by atoms with van der Waals surface area (Å²) < 4.78 is 64.7. The molecule has 2 N–H and O–H groups in total. The van der Waals surface area contributed by atoms with Crippen LogP contribution < -0.4 is 10.1 Å². The van der Waals surface area contributed by atoms with Crippen molar-refractivity contribution < 1.29 is 31.8 Å². The van der Waals surface area contributed by atoms with Gasteiger partial charge in [0.2, 0.25) is 0 Å². The Morgan fingerprint density at radius 3 is 2.86 bits per heavy atom. The molecule has 0 saturated carbocycles. The number of benzene rings is 1. The lowest BCUT2D eigenvalue weighted by atomic mass is 10.1. The maximum absolute atomic E-state index is 13.2. The molecule has 1 aromatic carbocycles. The molecule has 0 bridgehead atoms. The third-order valence-corrected chi connectivity index (χ3v) is 7.75. The lowest BCUT2D eigenvalue weighted by Gasteiger charge is -2.26. The molecule has 12 nitrogen and oxygen atoms in total. The molecular formula is C22H19F2N7O5S. The lowest BCUT2D eigenvalue weighted by molar-refractivity contribution is -0.0494. The van der Waals surface area contributed by atoms with Crippen molar-refractivity contribution in [3.05, 3.63) is 54.6 Å². The van der Waals surface area contributed by atoms with Crippen LogP contribution in [0.3, 0.4) is 0 Å². The molecule has 0 aliphatic carbocycles. The number of nitrogens with zero attached hydrogens (tertiary/aromatic N) is 6. The van der Waals surface area contributed by atoms with Crippen LogP contribution in [-0.4, -0.2) is 63.0 Å². The Hall–Kier alpha value is -4.13. The number of aliphatic hydroxyl groups is 1. The van der Waals surface area contributed by atoms with Crippen molar-refractivity contribution in [3.8, 4) is 23.1 Å². The zero-order chi connectivity index (χ0) is 26.2. The van der Waals surface area contributed by atoms with E-state index in [0.29, 0.717) is 11.2 Å². The van der Waals surface area contributed by atoms with Crippen molar-refractivity contribution in [2.75, 3.05) is 18.5 Å². The number of hydrogen-bond acceptors (Lipinski definition) is 10. The third-order valence-electron chi connectivity index (χ3n) is 5.68. The average Bonchev–Trinajstić information content (AvgIpc) is 3.42. The number of anilines is 1. The molecular weight excluding hydrogens is 512 g/mol. The van der Waals surface area contributed by atoms with E-state index in [1.165, 1.54) is 39.9 Å². The Kier molecular flexibility index (Phi) is 6.46. The number of alkyl halides is 2. The summed E-state index contributed by atoms with van der Waals surface area (Å²) >= 11 is 0. The van der Waals surface area contributed by atoms with Crippen LogP contribution in [0.2, 0.25) is 0 Å². The van der Waals surface area contributed by atoms with Crippen molar-refractivity contribution in [1.29, 1.82) is 5.26 Å². The highest BCUT2D eigenvalue weighted by atomic mass is 32.2. The van der Waals surface area contributed by atoms with E-state index >= 15 is 0 Å². The van der Waals surface area contributed by atoms with Gasteiger partial charge < -0.3 is 19.9 Å². The number of fused-ring (bicyclic) bond motifs is 1. The molecule has 0 amide bonds. The number of sulfone groups is 1. The fourth-order valence-corrected chi connectivity index (χ4v) is 5.27. The predicted molar refractivity (Wildman–Crippen MR) is 123 cm³/mol. The molecule has 1 saturated heterocycles. The van der Waals surface area contributed by atoms with Gasteiger partial charge in [-0.25, -0.2) is 17.9 Å². The Labute approximate surface area is 208 Å². The van der Waals surface area contributed by atoms with Crippen LogP contribution in [0.4, 0.5) is 14.5 Å². The summed E-state index contributed by atoms with van der Waals surface area (Å²) in [6.07, 6.45) is 4.58. The first kappa shape index (κ1) is 24.6. The van der Waals surface area contributed by atoms with Gasteiger partial charge >= 0.3 is 6.61 Å². The summed E-state index contributed by atoms with van der Waals surface area (Å²) in [6.45, 7) is -3.35. The fourth-order valence-electron chi connectivity index (χ4n) is 3.80. The second-order valence-corrected chi connectivity index (χ2v) is 10.3. The first-order chi connectivity index (χ1) is 17.8. The third kappa shape index (κ3) is 4.69. The van der Waals surface area contributed by atoms with Crippen LogP contribution in [0.5, 0.6) is 5.75 Å². The molecule has 4 aromatic rings. The van der Waals surface area contributed by atoms with Gasteiger partial charge in [-0.1, -0.05) is 0 Å². The molecule has 15 heteroatoms. The second-order valence-electron chi connectivity index (χ2n) is 8.02. The van der Waals surface area contributed by atoms with Gasteiger partial charge in [0.15, 0.2) is 21.7 Å². The molecule has 1 aliphatic heterocycles. The number of nitrogens with one attached hydrogen (secondary N) is 1. The van der Waals surface area contributed by atoms with Gasteiger partial charge in [0, 0.05) is 18.0 Å². The van der Waals surface area contributed by atoms with E-state index in [2.05, 4.69) is 25.2 Å². The van der Waals surface area contributed by atoms with E-state index in [-0.39, 0.29) is 47.3 Å². The number of aromatic nitrogens is 5. The first-order valence-electron chi connectivity index (χ1n) is 10.9. The van der Waals surface area contributed by atoms with Gasteiger partial charge in [0.25, 0.3) is 0 Å². The van der Waals surface area contributed by atoms with Gasteiger partial charge in [-0.05, 0) is 24.3 Å². The molecule has 37 heavy (non-hydrogen) atoms. The molecule has 1 fully saturated rings. The topological polar surface area (TPSA) is 157 Å². The van der Waals surface area contributed by atoms with Gasteiger partial charge in [-0.3, -0.25) is 4.68 Å². The highest BCUT2D eigenvalue weighted by Gasteiger charge is 2.35. The van der Waals surface area contributed by atoms with E-state index in [0.717, 1.165) is 6.07 Å². The van der Waals surface area contributed by atoms with E-state index in [1.807, 2.05) is 6.07 Å². The normalized spacial score (nSPS) is 14.9. The standard InChI is InChI=1S/C22H19F2N7O5S/c23-22(24)36-18-3-2-13(37(33,34)14-11-35-12-14)8-15(18)19-17(10-30(29-19)7-4-25)28-21(32)16-9-27-31-6-1-5-26-20(16)31/h1-3,5-6,8-10,14,21-22,28,32H,7,11-12H2. The van der Waals surface area contributed by atoms with Crippen LogP contribution in [-0.2, 0) is 21.1 Å². The van der Waals surface area contributed by atoms with E-state index in [4.69, 9.17) is 10.00 Å². The monoisotopic (exact) mass is 531 g/mol. The quantitative estimate of drug-likeness (QED) is 0.306. The van der Waals surface area contributed by atoms with Crippen molar-refractivity contribution >= 4 is 21.2 Å². The average molecular weight is 532 g/mol. The molecule has 192 valence electrons. The SMILES string of the molecule is N#CCn1cc(NC(O)c2cnn3cccnc23)c(-c2cc(S(=O)(=O)C3COC3)ccc2OC(F)F)n1. The Morgan fingerprint density at radius 2 is 2.16 bits per heavy atom. The van der Waals surface area contributed by atoms with Crippen LogP contribution in [0.1, 0.15) is 11.8 Å².